The molecule has 0 aliphatic carbocycles. The molecule has 2 rings (SSSR count). The Morgan fingerprint density at radius 1 is 1.53 bits per heavy atom. The van der Waals surface area contributed by atoms with Crippen LogP contribution < -0.4 is 5.73 Å². The Kier molecular flexibility index (Phi) is 4.50. The van der Waals surface area contributed by atoms with Crippen LogP contribution in [0.5, 0.6) is 0 Å². The van der Waals surface area contributed by atoms with E-state index in [2.05, 4.69) is 15.9 Å². The van der Waals surface area contributed by atoms with E-state index >= 15 is 0 Å². The monoisotopic (exact) mass is 348 g/mol. The molecule has 1 aliphatic heterocycles. The third kappa shape index (κ3) is 3.10. The number of nitrogens with two attached hydrogens (primary N) is 1. The van der Waals surface area contributed by atoms with Gasteiger partial charge in [0.2, 0.25) is 10.0 Å². The molecule has 1 unspecified atom stereocenters. The summed E-state index contributed by atoms with van der Waals surface area (Å²) in [7, 11) is -1.82. The molecule has 0 radical (unpaired) electrons. The summed E-state index contributed by atoms with van der Waals surface area (Å²) in [5.74, 6) is 0.271. The largest absolute Gasteiger partial charge is 0.398 e. The highest BCUT2D eigenvalue weighted by molar-refractivity contribution is 9.10. The van der Waals surface area contributed by atoms with Crippen LogP contribution in [-0.2, 0) is 14.8 Å². The number of benzene rings is 1. The minimum atomic E-state index is -3.45. The zero-order chi connectivity index (χ0) is 14.0. The van der Waals surface area contributed by atoms with Crippen molar-refractivity contribution in [3.8, 4) is 0 Å². The molecule has 5 nitrogen and oxygen atoms in total. The summed E-state index contributed by atoms with van der Waals surface area (Å²) in [5.41, 5.74) is 6.17. The number of rotatable bonds is 4. The number of hydrogen-bond acceptors (Lipinski definition) is 4. The van der Waals surface area contributed by atoms with Gasteiger partial charge in [0, 0.05) is 30.4 Å². The molecular formula is C12H17BrN2O3S. The predicted octanol–water partition coefficient (Wildman–Crippen LogP) is 1.69. The lowest BCUT2D eigenvalue weighted by Crippen LogP contribution is -2.29. The number of anilines is 1. The maximum absolute atomic E-state index is 12.5. The van der Waals surface area contributed by atoms with Crippen molar-refractivity contribution in [3.05, 3.63) is 22.7 Å². The predicted molar refractivity (Wildman–Crippen MR) is 77.3 cm³/mol. The first-order chi connectivity index (χ1) is 8.95. The fourth-order valence-electron chi connectivity index (χ4n) is 2.22. The van der Waals surface area contributed by atoms with E-state index in [4.69, 9.17) is 10.5 Å². The van der Waals surface area contributed by atoms with E-state index in [0.717, 1.165) is 6.42 Å². The van der Waals surface area contributed by atoms with Gasteiger partial charge in [0.25, 0.3) is 0 Å². The van der Waals surface area contributed by atoms with Crippen molar-refractivity contribution in [2.45, 2.75) is 11.3 Å². The Labute approximate surface area is 121 Å². The molecular weight excluding hydrogens is 332 g/mol. The Morgan fingerprint density at radius 3 is 2.89 bits per heavy atom. The van der Waals surface area contributed by atoms with Crippen LogP contribution in [0.3, 0.4) is 0 Å². The van der Waals surface area contributed by atoms with Crippen LogP contribution in [0.4, 0.5) is 5.69 Å². The molecule has 1 aliphatic rings. The normalized spacial score (nSPS) is 20.8. The van der Waals surface area contributed by atoms with Crippen molar-refractivity contribution < 1.29 is 13.2 Å². The van der Waals surface area contributed by atoms with E-state index in [1.807, 2.05) is 0 Å². The highest BCUT2D eigenvalue weighted by Crippen LogP contribution is 2.28. The van der Waals surface area contributed by atoms with Crippen LogP contribution in [0, 0.1) is 5.92 Å². The van der Waals surface area contributed by atoms with Crippen LogP contribution >= 0.6 is 15.9 Å². The summed E-state index contributed by atoms with van der Waals surface area (Å²) in [4.78, 5) is 0.242. The van der Waals surface area contributed by atoms with Gasteiger partial charge >= 0.3 is 0 Å². The zero-order valence-corrected chi connectivity index (χ0v) is 13.1. The summed E-state index contributed by atoms with van der Waals surface area (Å²) < 4.78 is 32.2. The second kappa shape index (κ2) is 5.78. The third-order valence-electron chi connectivity index (χ3n) is 3.26. The fourth-order valence-corrected chi connectivity index (χ4v) is 4.03. The first-order valence-electron chi connectivity index (χ1n) is 5.99. The molecule has 2 N–H and O–H groups in total. The lowest BCUT2D eigenvalue weighted by Gasteiger charge is -2.17. The van der Waals surface area contributed by atoms with Gasteiger partial charge in [-0.05, 0) is 46.5 Å². The number of methoxy groups -OCH3 is 1. The maximum Gasteiger partial charge on any atom is 0.243 e. The van der Waals surface area contributed by atoms with Crippen LogP contribution in [0.15, 0.2) is 27.6 Å². The standard InChI is InChI=1S/C12H17BrN2O3S/c1-18-8-9-4-5-15(7-9)19(16,17)10-2-3-11(13)12(14)6-10/h2-3,6,9H,4-5,7-8,14H2,1H3. The molecule has 1 heterocycles. The topological polar surface area (TPSA) is 72.6 Å². The number of hydrogen-bond donors (Lipinski definition) is 1. The Morgan fingerprint density at radius 2 is 2.26 bits per heavy atom. The second-order valence-electron chi connectivity index (χ2n) is 4.66. The average Bonchev–Trinajstić information content (AvgIpc) is 2.82. The molecule has 1 atom stereocenters. The maximum atomic E-state index is 12.5. The van der Waals surface area contributed by atoms with Crippen molar-refractivity contribution >= 4 is 31.6 Å². The van der Waals surface area contributed by atoms with Crippen LogP contribution in [0.25, 0.3) is 0 Å². The molecule has 0 spiro atoms. The van der Waals surface area contributed by atoms with E-state index in [-0.39, 0.29) is 10.8 Å². The molecule has 0 aromatic heterocycles. The van der Waals surface area contributed by atoms with Crippen molar-refractivity contribution in [2.24, 2.45) is 5.92 Å². The second-order valence-corrected chi connectivity index (χ2v) is 7.45. The Balaban J connectivity index is 2.21. The average molecular weight is 349 g/mol. The zero-order valence-electron chi connectivity index (χ0n) is 10.7. The SMILES string of the molecule is COCC1CCN(S(=O)(=O)c2ccc(Br)c(N)c2)C1. The number of ether oxygens (including phenoxy) is 1. The van der Waals surface area contributed by atoms with E-state index in [9.17, 15) is 8.42 Å². The number of sulfonamides is 1. The van der Waals surface area contributed by atoms with Crippen LogP contribution in [0.2, 0.25) is 0 Å². The lowest BCUT2D eigenvalue weighted by molar-refractivity contribution is 0.157. The van der Waals surface area contributed by atoms with Gasteiger partial charge in [-0.3, -0.25) is 0 Å². The Hall–Kier alpha value is -0.630. The van der Waals surface area contributed by atoms with E-state index in [1.54, 1.807) is 19.2 Å². The molecule has 1 fully saturated rings. The third-order valence-corrected chi connectivity index (χ3v) is 5.84. The van der Waals surface area contributed by atoms with Crippen molar-refractivity contribution in [1.82, 2.24) is 4.31 Å². The van der Waals surface area contributed by atoms with Crippen LogP contribution in [-0.4, -0.2) is 39.5 Å². The van der Waals surface area contributed by atoms with E-state index in [1.165, 1.54) is 10.4 Å². The van der Waals surface area contributed by atoms with E-state index < -0.39 is 10.0 Å². The molecule has 0 bridgehead atoms. The summed E-state index contributed by atoms with van der Waals surface area (Å²) in [5, 5.41) is 0. The first kappa shape index (κ1) is 14.8. The Bertz CT molecular complexity index is 562. The molecule has 1 aromatic rings. The lowest BCUT2D eigenvalue weighted by atomic mass is 10.1. The number of nitrogen functional groups attached to an aromatic ring is 1. The molecule has 0 saturated carbocycles. The van der Waals surface area contributed by atoms with Gasteiger partial charge in [-0.2, -0.15) is 4.31 Å². The van der Waals surface area contributed by atoms with Gasteiger partial charge < -0.3 is 10.5 Å². The highest BCUT2D eigenvalue weighted by Gasteiger charge is 2.32. The van der Waals surface area contributed by atoms with Gasteiger partial charge in [-0.25, -0.2) is 8.42 Å². The van der Waals surface area contributed by atoms with Crippen LogP contribution in [0.1, 0.15) is 6.42 Å². The summed E-state index contributed by atoms with van der Waals surface area (Å²) in [6, 6.07) is 4.72. The van der Waals surface area contributed by atoms with Crippen molar-refractivity contribution in [3.63, 3.8) is 0 Å². The summed E-state index contributed by atoms with van der Waals surface area (Å²) in [6.07, 6.45) is 0.832. The smallest absolute Gasteiger partial charge is 0.243 e. The molecule has 1 aromatic carbocycles. The molecule has 19 heavy (non-hydrogen) atoms. The molecule has 0 amide bonds. The highest BCUT2D eigenvalue weighted by atomic mass is 79.9. The van der Waals surface area contributed by atoms with Crippen molar-refractivity contribution in [2.75, 3.05) is 32.5 Å². The number of nitrogens with zero attached hydrogens (tertiary/aromatic N) is 1. The van der Waals surface area contributed by atoms with Gasteiger partial charge in [0.05, 0.1) is 11.5 Å². The first-order valence-corrected chi connectivity index (χ1v) is 8.22. The van der Waals surface area contributed by atoms with Gasteiger partial charge in [-0.1, -0.05) is 0 Å². The molecule has 7 heteroatoms. The van der Waals surface area contributed by atoms with Gasteiger partial charge in [-0.15, -0.1) is 0 Å². The van der Waals surface area contributed by atoms with E-state index in [0.29, 0.717) is 29.9 Å². The van der Waals surface area contributed by atoms with Gasteiger partial charge in [0.1, 0.15) is 0 Å². The summed E-state index contributed by atoms with van der Waals surface area (Å²) in [6.45, 7) is 1.63. The quantitative estimate of drug-likeness (QED) is 0.840. The summed E-state index contributed by atoms with van der Waals surface area (Å²) >= 11 is 3.26. The molecule has 1 saturated heterocycles. The fraction of sp³-hybridized carbons (Fsp3) is 0.500. The van der Waals surface area contributed by atoms with Crippen molar-refractivity contribution in [1.29, 1.82) is 0 Å². The minimum Gasteiger partial charge on any atom is -0.398 e. The minimum absolute atomic E-state index is 0.242. The molecule has 106 valence electrons. The number of halogens is 1. The van der Waals surface area contributed by atoms with Gasteiger partial charge in [0.15, 0.2) is 0 Å².